The van der Waals surface area contributed by atoms with Gasteiger partial charge >= 0.3 is 0 Å². The topological polar surface area (TPSA) is 54.5 Å². The van der Waals surface area contributed by atoms with Gasteiger partial charge in [-0.15, -0.1) is 0 Å². The number of rotatable bonds is 3. The number of hydrogen-bond donors (Lipinski definition) is 0. The standard InChI is InChI=1S/C18H22FNO3S/c19-15-8-10-16(11-9-15)24(22,23)17-7-4-12-20(13-17)18(21)14-5-2-1-3-6-14/h1-2,8-11,14,17H,3-7,12-13H2/t14-,17+/m1/s1. The zero-order chi connectivity index (χ0) is 17.2. The van der Waals surface area contributed by atoms with Crippen molar-refractivity contribution in [2.24, 2.45) is 5.92 Å². The molecule has 0 unspecified atom stereocenters. The van der Waals surface area contributed by atoms with Crippen LogP contribution in [0.4, 0.5) is 4.39 Å². The van der Waals surface area contributed by atoms with E-state index in [1.54, 1.807) is 4.90 Å². The second-order valence-corrected chi connectivity index (χ2v) is 8.76. The molecular formula is C18H22FNO3S. The van der Waals surface area contributed by atoms with Crippen molar-refractivity contribution in [2.45, 2.75) is 42.2 Å². The Kier molecular flexibility index (Phi) is 5.04. The molecule has 1 saturated heterocycles. The van der Waals surface area contributed by atoms with Crippen molar-refractivity contribution in [1.29, 1.82) is 0 Å². The van der Waals surface area contributed by atoms with Gasteiger partial charge in [-0.3, -0.25) is 4.79 Å². The van der Waals surface area contributed by atoms with Crippen molar-refractivity contribution in [3.63, 3.8) is 0 Å². The molecule has 0 saturated carbocycles. The number of carbonyl (C=O) groups excluding carboxylic acids is 1. The van der Waals surface area contributed by atoms with Crippen LogP contribution >= 0.6 is 0 Å². The predicted octanol–water partition coefficient (Wildman–Crippen LogP) is 2.95. The Morgan fingerprint density at radius 1 is 1.12 bits per heavy atom. The molecule has 2 atom stereocenters. The Balaban J connectivity index is 1.74. The summed E-state index contributed by atoms with van der Waals surface area (Å²) in [5.74, 6) is -0.416. The molecule has 0 aromatic heterocycles. The SMILES string of the molecule is O=C([C@@H]1CC=CCC1)N1CCC[C@H](S(=O)(=O)c2ccc(F)cc2)C1. The minimum absolute atomic E-state index is 0.0257. The maximum Gasteiger partial charge on any atom is 0.226 e. The second-order valence-electron chi connectivity index (χ2n) is 6.53. The number of benzene rings is 1. The van der Waals surface area contributed by atoms with Crippen LogP contribution in [-0.2, 0) is 14.6 Å². The van der Waals surface area contributed by atoms with E-state index in [-0.39, 0.29) is 23.3 Å². The van der Waals surface area contributed by atoms with Crippen molar-refractivity contribution >= 4 is 15.7 Å². The normalized spacial score (nSPS) is 24.8. The quantitative estimate of drug-likeness (QED) is 0.621. The fraction of sp³-hybridized carbons (Fsp3) is 0.500. The lowest BCUT2D eigenvalue weighted by Crippen LogP contribution is -2.47. The van der Waals surface area contributed by atoms with Gasteiger partial charge in [0.15, 0.2) is 9.84 Å². The lowest BCUT2D eigenvalue weighted by atomic mass is 9.92. The number of carbonyl (C=O) groups is 1. The molecule has 4 nitrogen and oxygen atoms in total. The summed E-state index contributed by atoms with van der Waals surface area (Å²) in [6.07, 6.45) is 7.81. The highest BCUT2D eigenvalue weighted by Crippen LogP contribution is 2.27. The lowest BCUT2D eigenvalue weighted by molar-refractivity contribution is -0.136. The second kappa shape index (κ2) is 7.05. The molecule has 1 fully saturated rings. The Hall–Kier alpha value is -1.69. The first-order valence-corrected chi connectivity index (χ1v) is 9.96. The molecule has 0 bridgehead atoms. The van der Waals surface area contributed by atoms with Crippen molar-refractivity contribution in [1.82, 2.24) is 4.90 Å². The molecule has 1 aliphatic heterocycles. The number of allylic oxidation sites excluding steroid dienone is 2. The van der Waals surface area contributed by atoms with Crippen LogP contribution in [0.25, 0.3) is 0 Å². The molecule has 24 heavy (non-hydrogen) atoms. The molecule has 1 amide bonds. The van der Waals surface area contributed by atoms with Crippen molar-refractivity contribution in [2.75, 3.05) is 13.1 Å². The zero-order valence-electron chi connectivity index (χ0n) is 13.5. The van der Waals surface area contributed by atoms with Crippen LogP contribution < -0.4 is 0 Å². The van der Waals surface area contributed by atoms with Crippen LogP contribution in [0.3, 0.4) is 0 Å². The van der Waals surface area contributed by atoms with Gasteiger partial charge in [0.2, 0.25) is 5.91 Å². The predicted molar refractivity (Wildman–Crippen MR) is 89.7 cm³/mol. The number of halogens is 1. The molecular weight excluding hydrogens is 329 g/mol. The zero-order valence-corrected chi connectivity index (χ0v) is 14.3. The van der Waals surface area contributed by atoms with E-state index >= 15 is 0 Å². The summed E-state index contributed by atoms with van der Waals surface area (Å²) in [5.41, 5.74) is 0. The molecule has 0 spiro atoms. The Morgan fingerprint density at radius 2 is 1.88 bits per heavy atom. The van der Waals surface area contributed by atoms with Gasteiger partial charge in [0, 0.05) is 19.0 Å². The molecule has 6 heteroatoms. The number of nitrogens with zero attached hydrogens (tertiary/aromatic N) is 1. The van der Waals surface area contributed by atoms with E-state index in [0.717, 1.165) is 31.4 Å². The molecule has 0 N–H and O–H groups in total. The third kappa shape index (κ3) is 3.53. The van der Waals surface area contributed by atoms with Crippen LogP contribution in [0.5, 0.6) is 0 Å². The summed E-state index contributed by atoms with van der Waals surface area (Å²) in [7, 11) is -3.55. The van der Waals surface area contributed by atoms with Gasteiger partial charge in [0.05, 0.1) is 10.1 Å². The molecule has 2 aliphatic rings. The number of sulfone groups is 1. The van der Waals surface area contributed by atoms with E-state index in [1.807, 2.05) is 6.08 Å². The molecule has 1 aromatic rings. The summed E-state index contributed by atoms with van der Waals surface area (Å²) < 4.78 is 38.6. The van der Waals surface area contributed by atoms with Gasteiger partial charge in [-0.05, 0) is 56.4 Å². The molecule has 1 aliphatic carbocycles. The highest BCUT2D eigenvalue weighted by Gasteiger charge is 2.35. The smallest absolute Gasteiger partial charge is 0.226 e. The van der Waals surface area contributed by atoms with E-state index < -0.39 is 20.9 Å². The minimum Gasteiger partial charge on any atom is -0.341 e. The van der Waals surface area contributed by atoms with Crippen LogP contribution in [0.15, 0.2) is 41.3 Å². The average molecular weight is 351 g/mol. The first-order chi connectivity index (χ1) is 11.5. The van der Waals surface area contributed by atoms with Gasteiger partial charge < -0.3 is 4.90 Å². The van der Waals surface area contributed by atoms with Gasteiger partial charge in [0.1, 0.15) is 5.82 Å². The van der Waals surface area contributed by atoms with E-state index in [2.05, 4.69) is 6.08 Å². The van der Waals surface area contributed by atoms with Crippen molar-refractivity contribution in [3.8, 4) is 0 Å². The van der Waals surface area contributed by atoms with E-state index in [9.17, 15) is 17.6 Å². The van der Waals surface area contributed by atoms with Gasteiger partial charge in [-0.1, -0.05) is 12.2 Å². The van der Waals surface area contributed by atoms with Crippen LogP contribution in [-0.4, -0.2) is 37.6 Å². The fourth-order valence-corrected chi connectivity index (χ4v) is 5.24. The molecule has 1 heterocycles. The van der Waals surface area contributed by atoms with Crippen LogP contribution in [0.1, 0.15) is 32.1 Å². The maximum atomic E-state index is 13.0. The Labute approximate surface area is 142 Å². The number of amides is 1. The maximum absolute atomic E-state index is 13.0. The van der Waals surface area contributed by atoms with Crippen LogP contribution in [0, 0.1) is 11.7 Å². The van der Waals surface area contributed by atoms with Gasteiger partial charge in [-0.25, -0.2) is 12.8 Å². The Morgan fingerprint density at radius 3 is 2.54 bits per heavy atom. The third-order valence-corrected chi connectivity index (χ3v) is 7.08. The number of hydrogen-bond acceptors (Lipinski definition) is 3. The van der Waals surface area contributed by atoms with Gasteiger partial charge in [0.25, 0.3) is 0 Å². The fourth-order valence-electron chi connectivity index (χ4n) is 3.48. The van der Waals surface area contributed by atoms with Crippen molar-refractivity contribution in [3.05, 3.63) is 42.2 Å². The average Bonchev–Trinajstić information content (AvgIpc) is 2.62. The molecule has 1 aromatic carbocycles. The third-order valence-electron chi connectivity index (χ3n) is 4.89. The largest absolute Gasteiger partial charge is 0.341 e. The van der Waals surface area contributed by atoms with E-state index in [4.69, 9.17) is 0 Å². The van der Waals surface area contributed by atoms with E-state index in [0.29, 0.717) is 19.4 Å². The highest BCUT2D eigenvalue weighted by molar-refractivity contribution is 7.92. The number of piperidine rings is 1. The first-order valence-electron chi connectivity index (χ1n) is 8.42. The van der Waals surface area contributed by atoms with E-state index in [1.165, 1.54) is 12.1 Å². The lowest BCUT2D eigenvalue weighted by Gasteiger charge is -2.35. The molecule has 0 radical (unpaired) electrons. The molecule has 130 valence electrons. The summed E-state index contributed by atoms with van der Waals surface area (Å²) in [6.45, 7) is 0.854. The minimum atomic E-state index is -3.55. The first kappa shape index (κ1) is 17.1. The summed E-state index contributed by atoms with van der Waals surface area (Å²) in [5, 5.41) is -0.611. The van der Waals surface area contributed by atoms with Crippen molar-refractivity contribution < 1.29 is 17.6 Å². The summed E-state index contributed by atoms with van der Waals surface area (Å²) >= 11 is 0. The summed E-state index contributed by atoms with van der Waals surface area (Å²) in [6, 6.07) is 4.93. The number of likely N-dealkylation sites (tertiary alicyclic amines) is 1. The van der Waals surface area contributed by atoms with Crippen LogP contribution in [0.2, 0.25) is 0 Å². The monoisotopic (exact) mass is 351 g/mol. The highest BCUT2D eigenvalue weighted by atomic mass is 32.2. The molecule has 3 rings (SSSR count). The summed E-state index contributed by atoms with van der Waals surface area (Å²) in [4.78, 5) is 14.5. The Bertz CT molecular complexity index is 727. The van der Waals surface area contributed by atoms with Gasteiger partial charge in [-0.2, -0.15) is 0 Å².